The van der Waals surface area contributed by atoms with Crippen molar-refractivity contribution < 1.29 is 9.53 Å². The van der Waals surface area contributed by atoms with Gasteiger partial charge >= 0.3 is 0 Å². The van der Waals surface area contributed by atoms with Crippen LogP contribution in [0, 0.1) is 0 Å². The summed E-state index contributed by atoms with van der Waals surface area (Å²) in [5, 5.41) is 3.38. The first-order valence-electron chi connectivity index (χ1n) is 10.0. The fourth-order valence-corrected chi connectivity index (χ4v) is 3.92. The van der Waals surface area contributed by atoms with Crippen molar-refractivity contribution >= 4 is 11.7 Å². The van der Waals surface area contributed by atoms with E-state index in [9.17, 15) is 4.79 Å². The molecule has 3 heterocycles. The number of hydrogen-bond donors (Lipinski definition) is 1. The summed E-state index contributed by atoms with van der Waals surface area (Å²) < 4.78 is 5.44. The number of likely N-dealkylation sites (tertiary alicyclic amines) is 1. The fraction of sp³-hybridized carbons (Fsp3) is 0.700. The summed E-state index contributed by atoms with van der Waals surface area (Å²) in [6.45, 7) is 9.70. The lowest BCUT2D eigenvalue weighted by Gasteiger charge is -2.40. The number of rotatable bonds is 6. The van der Waals surface area contributed by atoms with Gasteiger partial charge in [0, 0.05) is 44.5 Å². The Morgan fingerprint density at radius 2 is 2.00 bits per heavy atom. The number of piperidine rings is 1. The van der Waals surface area contributed by atoms with Gasteiger partial charge in [0.05, 0.1) is 18.8 Å². The van der Waals surface area contributed by atoms with Crippen molar-refractivity contribution in [2.75, 3.05) is 44.7 Å². The Balaban J connectivity index is 1.50. The van der Waals surface area contributed by atoms with Crippen LogP contribution in [0.4, 0.5) is 5.82 Å². The average Bonchev–Trinajstić information content (AvgIpc) is 2.69. The molecule has 1 aromatic heterocycles. The molecule has 0 saturated carbocycles. The van der Waals surface area contributed by atoms with Crippen LogP contribution in [0.5, 0.6) is 0 Å². The number of hydrogen-bond acceptors (Lipinski definition) is 5. The number of carbonyl (C=O) groups is 1. The molecule has 144 valence electrons. The van der Waals surface area contributed by atoms with Crippen LogP contribution in [0.15, 0.2) is 18.3 Å². The van der Waals surface area contributed by atoms with E-state index in [0.29, 0.717) is 17.6 Å². The van der Waals surface area contributed by atoms with Gasteiger partial charge in [0.15, 0.2) is 0 Å². The van der Waals surface area contributed by atoms with E-state index in [0.717, 1.165) is 70.9 Å². The van der Waals surface area contributed by atoms with Crippen molar-refractivity contribution in [3.8, 4) is 0 Å². The van der Waals surface area contributed by atoms with Gasteiger partial charge < -0.3 is 15.0 Å². The Bertz CT molecular complexity index is 564. The van der Waals surface area contributed by atoms with Crippen LogP contribution in [0.1, 0.15) is 49.9 Å². The molecule has 6 heteroatoms. The number of nitrogens with zero attached hydrogens (tertiary/aromatic N) is 3. The monoisotopic (exact) mass is 360 g/mol. The number of nitrogens with one attached hydrogen (secondary N) is 1. The third-order valence-corrected chi connectivity index (χ3v) is 5.44. The first-order valence-corrected chi connectivity index (χ1v) is 10.0. The van der Waals surface area contributed by atoms with E-state index in [1.54, 1.807) is 6.20 Å². The van der Waals surface area contributed by atoms with Gasteiger partial charge in [-0.2, -0.15) is 0 Å². The highest BCUT2D eigenvalue weighted by atomic mass is 16.5. The molecule has 26 heavy (non-hydrogen) atoms. The van der Waals surface area contributed by atoms with Crippen molar-refractivity contribution in [1.82, 2.24) is 14.8 Å². The number of aromatic nitrogens is 1. The van der Waals surface area contributed by atoms with Crippen LogP contribution in [-0.4, -0.2) is 72.2 Å². The predicted molar refractivity (Wildman–Crippen MR) is 104 cm³/mol. The molecule has 0 unspecified atom stereocenters. The minimum absolute atomic E-state index is 0.103. The Morgan fingerprint density at radius 3 is 2.62 bits per heavy atom. The van der Waals surface area contributed by atoms with Crippen LogP contribution in [0.25, 0.3) is 0 Å². The number of amides is 1. The van der Waals surface area contributed by atoms with Gasteiger partial charge in [-0.05, 0) is 38.3 Å². The maximum atomic E-state index is 12.8. The zero-order valence-corrected chi connectivity index (χ0v) is 16.1. The summed E-state index contributed by atoms with van der Waals surface area (Å²) >= 11 is 0. The lowest BCUT2D eigenvalue weighted by molar-refractivity contribution is 0.00158. The second kappa shape index (κ2) is 9.33. The largest absolute Gasteiger partial charge is 0.379 e. The zero-order chi connectivity index (χ0) is 18.4. The van der Waals surface area contributed by atoms with E-state index in [-0.39, 0.29) is 5.91 Å². The molecule has 2 aliphatic rings. The SMILES string of the molecule is CCC[C@H](C)Nc1ccc(C(=O)N2CCC(N3CCOCC3)CC2)cn1. The van der Waals surface area contributed by atoms with Gasteiger partial charge in [0.1, 0.15) is 5.82 Å². The van der Waals surface area contributed by atoms with Crippen molar-refractivity contribution in [1.29, 1.82) is 0 Å². The van der Waals surface area contributed by atoms with Crippen LogP contribution in [-0.2, 0) is 4.74 Å². The number of ether oxygens (including phenoxy) is 1. The molecule has 0 aromatic carbocycles. The third-order valence-electron chi connectivity index (χ3n) is 5.44. The number of carbonyl (C=O) groups excluding carboxylic acids is 1. The smallest absolute Gasteiger partial charge is 0.255 e. The molecule has 0 aliphatic carbocycles. The van der Waals surface area contributed by atoms with Crippen LogP contribution < -0.4 is 5.32 Å². The normalized spacial score (nSPS) is 20.8. The number of morpholine rings is 1. The molecule has 2 saturated heterocycles. The molecule has 1 aromatic rings. The van der Waals surface area contributed by atoms with Crippen molar-refractivity contribution in [2.24, 2.45) is 0 Å². The predicted octanol–water partition coefficient (Wildman–Crippen LogP) is 2.62. The highest BCUT2D eigenvalue weighted by molar-refractivity contribution is 5.94. The maximum Gasteiger partial charge on any atom is 0.255 e. The zero-order valence-electron chi connectivity index (χ0n) is 16.1. The van der Waals surface area contributed by atoms with Gasteiger partial charge in [-0.1, -0.05) is 13.3 Å². The molecule has 1 N–H and O–H groups in total. The van der Waals surface area contributed by atoms with E-state index in [1.165, 1.54) is 0 Å². The summed E-state index contributed by atoms with van der Waals surface area (Å²) in [6, 6.07) is 4.80. The number of pyridine rings is 1. The summed E-state index contributed by atoms with van der Waals surface area (Å²) in [4.78, 5) is 21.7. The molecule has 3 rings (SSSR count). The number of anilines is 1. The summed E-state index contributed by atoms with van der Waals surface area (Å²) in [5.74, 6) is 0.944. The molecule has 6 nitrogen and oxygen atoms in total. The molecule has 0 spiro atoms. The van der Waals surface area contributed by atoms with Crippen LogP contribution >= 0.6 is 0 Å². The third kappa shape index (κ3) is 4.95. The Kier molecular flexibility index (Phi) is 6.86. The molecule has 1 amide bonds. The summed E-state index contributed by atoms with van der Waals surface area (Å²) in [6.07, 6.45) is 6.06. The molecular weight excluding hydrogens is 328 g/mol. The Morgan fingerprint density at radius 1 is 1.27 bits per heavy atom. The van der Waals surface area contributed by atoms with Gasteiger partial charge in [0.25, 0.3) is 5.91 Å². The summed E-state index contributed by atoms with van der Waals surface area (Å²) in [5.41, 5.74) is 0.684. The van der Waals surface area contributed by atoms with E-state index in [2.05, 4.69) is 29.0 Å². The minimum atomic E-state index is 0.103. The second-order valence-corrected chi connectivity index (χ2v) is 7.44. The topological polar surface area (TPSA) is 57.7 Å². The van der Waals surface area contributed by atoms with Gasteiger partial charge in [0.2, 0.25) is 0 Å². The van der Waals surface area contributed by atoms with Gasteiger partial charge in [-0.25, -0.2) is 4.98 Å². The summed E-state index contributed by atoms with van der Waals surface area (Å²) in [7, 11) is 0. The Labute approximate surface area is 156 Å². The lowest BCUT2D eigenvalue weighted by Crippen LogP contribution is -2.50. The maximum absolute atomic E-state index is 12.8. The quantitative estimate of drug-likeness (QED) is 0.845. The molecule has 1 atom stereocenters. The molecule has 2 aliphatic heterocycles. The van der Waals surface area contributed by atoms with Crippen molar-refractivity contribution in [3.63, 3.8) is 0 Å². The van der Waals surface area contributed by atoms with E-state index >= 15 is 0 Å². The minimum Gasteiger partial charge on any atom is -0.379 e. The van der Waals surface area contributed by atoms with Gasteiger partial charge in [-0.15, -0.1) is 0 Å². The molecular formula is C20H32N4O2. The van der Waals surface area contributed by atoms with Crippen molar-refractivity contribution in [3.05, 3.63) is 23.9 Å². The lowest BCUT2D eigenvalue weighted by atomic mass is 10.0. The van der Waals surface area contributed by atoms with E-state index < -0.39 is 0 Å². The van der Waals surface area contributed by atoms with Crippen LogP contribution in [0.3, 0.4) is 0 Å². The first-order chi connectivity index (χ1) is 12.7. The van der Waals surface area contributed by atoms with Gasteiger partial charge in [-0.3, -0.25) is 9.69 Å². The fourth-order valence-electron chi connectivity index (χ4n) is 3.92. The Hall–Kier alpha value is -1.66. The highest BCUT2D eigenvalue weighted by Gasteiger charge is 2.28. The van der Waals surface area contributed by atoms with Crippen LogP contribution in [0.2, 0.25) is 0 Å². The second-order valence-electron chi connectivity index (χ2n) is 7.44. The molecule has 2 fully saturated rings. The van der Waals surface area contributed by atoms with E-state index in [1.807, 2.05) is 17.0 Å². The highest BCUT2D eigenvalue weighted by Crippen LogP contribution is 2.20. The molecule has 0 radical (unpaired) electrons. The van der Waals surface area contributed by atoms with Crippen molar-refractivity contribution in [2.45, 2.75) is 51.6 Å². The first kappa shape index (κ1) is 19.1. The average molecular weight is 361 g/mol. The van der Waals surface area contributed by atoms with E-state index in [4.69, 9.17) is 4.74 Å². The molecule has 0 bridgehead atoms. The standard InChI is InChI=1S/C20H32N4O2/c1-3-4-16(2)22-19-6-5-17(15-21-19)20(25)24-9-7-18(8-10-24)23-11-13-26-14-12-23/h5-6,15-16,18H,3-4,7-14H2,1-2H3,(H,21,22)/t16-/m0/s1.